The van der Waals surface area contributed by atoms with Crippen LogP contribution in [0.15, 0.2) is 72.9 Å². The predicted octanol–water partition coefficient (Wildman–Crippen LogP) is 5.05. The van der Waals surface area contributed by atoms with Gasteiger partial charge in [0.15, 0.2) is 0 Å². The molecule has 0 saturated carbocycles. The van der Waals surface area contributed by atoms with Crippen LogP contribution in [-0.4, -0.2) is 18.6 Å². The molecule has 2 heteroatoms. The van der Waals surface area contributed by atoms with Crippen molar-refractivity contribution in [3.63, 3.8) is 0 Å². The monoisotopic (exact) mass is 309 g/mol. The summed E-state index contributed by atoms with van der Waals surface area (Å²) in [5.74, 6) is 0. The van der Waals surface area contributed by atoms with Gasteiger partial charge in [0.1, 0.15) is 0 Å². The van der Waals surface area contributed by atoms with E-state index in [-0.39, 0.29) is 0 Å². The minimum absolute atomic E-state index is 0.547. The molecule has 2 aromatic carbocycles. The molecular formula is C20H27NSi. The largest absolute Gasteiger partial charge is 0.295 e. The van der Waals surface area contributed by atoms with Gasteiger partial charge in [-0.15, -0.1) is 12.3 Å². The lowest BCUT2D eigenvalue weighted by Gasteiger charge is -2.37. The Balaban J connectivity index is 2.22. The van der Waals surface area contributed by atoms with Crippen molar-refractivity contribution in [3.8, 4) is 0 Å². The van der Waals surface area contributed by atoms with Crippen LogP contribution in [0.3, 0.4) is 0 Å². The van der Waals surface area contributed by atoms with Crippen molar-refractivity contribution in [1.82, 2.24) is 4.90 Å². The fourth-order valence-electron chi connectivity index (χ4n) is 2.61. The van der Waals surface area contributed by atoms with Gasteiger partial charge in [-0.2, -0.15) is 0 Å². The van der Waals surface area contributed by atoms with Gasteiger partial charge in [-0.05, 0) is 11.1 Å². The summed E-state index contributed by atoms with van der Waals surface area (Å²) in [5.41, 5.74) is 5.50. The van der Waals surface area contributed by atoms with Gasteiger partial charge in [0.25, 0.3) is 0 Å². The van der Waals surface area contributed by atoms with Crippen molar-refractivity contribution in [2.75, 3.05) is 0 Å². The fourth-order valence-corrected chi connectivity index (χ4v) is 4.07. The summed E-state index contributed by atoms with van der Waals surface area (Å²) in [6.45, 7) is 13.2. The van der Waals surface area contributed by atoms with E-state index in [1.807, 2.05) is 0 Å². The lowest BCUT2D eigenvalue weighted by molar-refractivity contribution is 0.237. The van der Waals surface area contributed by atoms with Gasteiger partial charge >= 0.3 is 0 Å². The third-order valence-corrected chi connectivity index (χ3v) is 8.18. The molecule has 22 heavy (non-hydrogen) atoms. The first-order valence-corrected chi connectivity index (χ1v) is 11.1. The lowest BCUT2D eigenvalue weighted by Crippen LogP contribution is -2.49. The molecule has 0 heterocycles. The highest BCUT2D eigenvalue weighted by molar-refractivity contribution is 6.83. The van der Waals surface area contributed by atoms with Crippen LogP contribution >= 0.6 is 0 Å². The van der Waals surface area contributed by atoms with E-state index >= 15 is 0 Å². The first-order chi connectivity index (χ1) is 10.5. The zero-order chi connectivity index (χ0) is 16.0. The summed E-state index contributed by atoms with van der Waals surface area (Å²) < 4.78 is 0. The molecule has 0 radical (unpaired) electrons. The van der Waals surface area contributed by atoms with Crippen molar-refractivity contribution in [2.45, 2.75) is 38.8 Å². The van der Waals surface area contributed by atoms with Gasteiger partial charge in [0.05, 0.1) is 8.07 Å². The highest BCUT2D eigenvalue weighted by Crippen LogP contribution is 2.21. The van der Waals surface area contributed by atoms with E-state index in [9.17, 15) is 0 Å². The Kier molecular flexibility index (Phi) is 5.75. The summed E-state index contributed by atoms with van der Waals surface area (Å²) in [7, 11) is -1.46. The maximum atomic E-state index is 4.08. The molecule has 0 saturated heterocycles. The second kappa shape index (κ2) is 7.57. The van der Waals surface area contributed by atoms with Gasteiger partial charge < -0.3 is 0 Å². The molecule has 0 spiro atoms. The molecule has 2 rings (SSSR count). The SMILES string of the molecule is C=C[Si](C)(C)C(C)N(Cc1ccccc1)Cc1ccccc1. The fraction of sp³-hybridized carbons (Fsp3) is 0.300. The van der Waals surface area contributed by atoms with E-state index < -0.39 is 8.07 Å². The Labute approximate surface area is 136 Å². The molecular weight excluding hydrogens is 282 g/mol. The van der Waals surface area contributed by atoms with Crippen LogP contribution in [0.5, 0.6) is 0 Å². The first kappa shape index (κ1) is 16.7. The predicted molar refractivity (Wildman–Crippen MR) is 99.3 cm³/mol. The Bertz CT molecular complexity index is 536. The second-order valence-electron chi connectivity index (χ2n) is 6.58. The molecule has 1 nitrogen and oxygen atoms in total. The lowest BCUT2D eigenvalue weighted by atomic mass is 10.1. The maximum absolute atomic E-state index is 4.08. The maximum Gasteiger partial charge on any atom is 0.0890 e. The highest BCUT2D eigenvalue weighted by Gasteiger charge is 2.30. The third kappa shape index (κ3) is 4.42. The Morgan fingerprint density at radius 2 is 1.32 bits per heavy atom. The minimum Gasteiger partial charge on any atom is -0.295 e. The van der Waals surface area contributed by atoms with Crippen molar-refractivity contribution in [2.24, 2.45) is 0 Å². The summed E-state index contributed by atoms with van der Waals surface area (Å²) in [6.07, 6.45) is 0. The van der Waals surface area contributed by atoms with Gasteiger partial charge in [0.2, 0.25) is 0 Å². The van der Waals surface area contributed by atoms with Crippen molar-refractivity contribution >= 4 is 8.07 Å². The number of rotatable bonds is 7. The number of nitrogens with zero attached hydrogens (tertiary/aromatic N) is 1. The molecule has 116 valence electrons. The molecule has 0 aliphatic rings. The molecule has 2 aromatic rings. The molecule has 0 amide bonds. The summed E-state index contributed by atoms with van der Waals surface area (Å²) in [6, 6.07) is 21.5. The molecule has 0 aliphatic carbocycles. The van der Waals surface area contributed by atoms with Crippen LogP contribution in [0, 0.1) is 0 Å². The molecule has 1 atom stereocenters. The quantitative estimate of drug-likeness (QED) is 0.647. The molecule has 0 aromatic heterocycles. The van der Waals surface area contributed by atoms with E-state index in [0.717, 1.165) is 13.1 Å². The Hall–Kier alpha value is -1.64. The normalized spacial score (nSPS) is 13.1. The summed E-state index contributed by atoms with van der Waals surface area (Å²) in [5, 5.41) is 0. The van der Waals surface area contributed by atoms with Crippen molar-refractivity contribution < 1.29 is 0 Å². The topological polar surface area (TPSA) is 3.24 Å². The molecule has 0 N–H and O–H groups in total. The van der Waals surface area contributed by atoms with E-state index in [4.69, 9.17) is 0 Å². The number of hydrogen-bond acceptors (Lipinski definition) is 1. The van der Waals surface area contributed by atoms with E-state index in [2.05, 4.69) is 97.9 Å². The molecule has 0 aliphatic heterocycles. The highest BCUT2D eigenvalue weighted by atomic mass is 28.3. The number of hydrogen-bond donors (Lipinski definition) is 0. The van der Waals surface area contributed by atoms with Gasteiger partial charge in [-0.3, -0.25) is 4.90 Å². The molecule has 1 unspecified atom stereocenters. The van der Waals surface area contributed by atoms with E-state index in [1.165, 1.54) is 11.1 Å². The number of benzene rings is 2. The van der Waals surface area contributed by atoms with Crippen LogP contribution in [0.1, 0.15) is 18.1 Å². The first-order valence-electron chi connectivity index (χ1n) is 7.98. The smallest absolute Gasteiger partial charge is 0.0890 e. The zero-order valence-corrected chi connectivity index (χ0v) is 15.0. The Morgan fingerprint density at radius 1 is 0.909 bits per heavy atom. The van der Waals surface area contributed by atoms with Crippen molar-refractivity contribution in [3.05, 3.63) is 84.1 Å². The van der Waals surface area contributed by atoms with Crippen LogP contribution in [0.4, 0.5) is 0 Å². The van der Waals surface area contributed by atoms with Crippen LogP contribution < -0.4 is 0 Å². The van der Waals surface area contributed by atoms with Gasteiger partial charge in [0, 0.05) is 18.8 Å². The third-order valence-electron chi connectivity index (χ3n) is 4.61. The van der Waals surface area contributed by atoms with Crippen LogP contribution in [0.2, 0.25) is 13.1 Å². The van der Waals surface area contributed by atoms with Gasteiger partial charge in [-0.25, -0.2) is 0 Å². The van der Waals surface area contributed by atoms with E-state index in [0.29, 0.717) is 5.67 Å². The van der Waals surface area contributed by atoms with E-state index in [1.54, 1.807) is 0 Å². The zero-order valence-electron chi connectivity index (χ0n) is 14.0. The Morgan fingerprint density at radius 3 is 1.68 bits per heavy atom. The average molecular weight is 310 g/mol. The van der Waals surface area contributed by atoms with Crippen LogP contribution in [0.25, 0.3) is 0 Å². The van der Waals surface area contributed by atoms with Gasteiger partial charge in [-0.1, -0.05) is 80.7 Å². The average Bonchev–Trinajstić information content (AvgIpc) is 2.55. The van der Waals surface area contributed by atoms with Crippen molar-refractivity contribution in [1.29, 1.82) is 0 Å². The van der Waals surface area contributed by atoms with Crippen LogP contribution in [-0.2, 0) is 13.1 Å². The minimum atomic E-state index is -1.46. The molecule has 0 fully saturated rings. The summed E-state index contributed by atoms with van der Waals surface area (Å²) >= 11 is 0. The summed E-state index contributed by atoms with van der Waals surface area (Å²) in [4.78, 5) is 2.60. The second-order valence-corrected chi connectivity index (χ2v) is 11.5. The standard InChI is InChI=1S/C20H27NSi/c1-5-22(3,4)18(2)21(16-19-12-8-6-9-13-19)17-20-14-10-7-11-15-20/h5-15,18H,1,16-17H2,2-4H3. The molecule has 0 bridgehead atoms.